The average molecular weight is 423 g/mol. The second kappa shape index (κ2) is 9.30. The van der Waals surface area contributed by atoms with E-state index in [4.69, 9.17) is 4.42 Å². The first-order valence-electron chi connectivity index (χ1n) is 10.5. The van der Waals surface area contributed by atoms with Crippen molar-refractivity contribution in [3.63, 3.8) is 0 Å². The van der Waals surface area contributed by atoms with Crippen molar-refractivity contribution in [1.29, 1.82) is 0 Å². The minimum absolute atomic E-state index is 0.149. The van der Waals surface area contributed by atoms with Crippen LogP contribution in [0.25, 0.3) is 0 Å². The lowest BCUT2D eigenvalue weighted by Gasteiger charge is -2.31. The molecule has 30 heavy (non-hydrogen) atoms. The van der Waals surface area contributed by atoms with Gasteiger partial charge in [0.15, 0.2) is 11.8 Å². The Bertz CT molecular complexity index is 959. The van der Waals surface area contributed by atoms with Crippen LogP contribution in [0.1, 0.15) is 59.6 Å². The van der Waals surface area contributed by atoms with Crippen LogP contribution >= 0.6 is 11.3 Å². The van der Waals surface area contributed by atoms with Crippen LogP contribution in [0.15, 0.2) is 64.6 Å². The lowest BCUT2D eigenvalue weighted by Crippen LogP contribution is -2.46. The van der Waals surface area contributed by atoms with E-state index in [0.29, 0.717) is 5.69 Å². The fourth-order valence-corrected chi connectivity index (χ4v) is 4.78. The molecule has 6 heteroatoms. The number of thiophene rings is 1. The molecule has 1 aliphatic carbocycles. The Morgan fingerprint density at radius 2 is 1.90 bits per heavy atom. The van der Waals surface area contributed by atoms with Gasteiger partial charge in [-0.05, 0) is 60.5 Å². The summed E-state index contributed by atoms with van der Waals surface area (Å²) in [6.07, 6.45) is 6.61. The predicted molar refractivity (Wildman–Crippen MR) is 119 cm³/mol. The van der Waals surface area contributed by atoms with Crippen molar-refractivity contribution in [2.45, 2.75) is 51.1 Å². The Kier molecular flexibility index (Phi) is 6.33. The summed E-state index contributed by atoms with van der Waals surface area (Å²) in [5, 5.41) is 5.11. The van der Waals surface area contributed by atoms with Crippen LogP contribution in [0, 0.1) is 0 Å². The molecule has 1 atom stereocenters. The Hall–Kier alpha value is -2.86. The summed E-state index contributed by atoms with van der Waals surface area (Å²) >= 11 is 1.48. The Balaban J connectivity index is 1.75. The highest BCUT2D eigenvalue weighted by Gasteiger charge is 2.36. The fraction of sp³-hybridized carbons (Fsp3) is 0.333. The number of carbonyl (C=O) groups excluding carboxylic acids is 2. The van der Waals surface area contributed by atoms with E-state index < -0.39 is 6.04 Å². The van der Waals surface area contributed by atoms with Gasteiger partial charge in [0, 0.05) is 16.6 Å². The minimum atomic E-state index is -0.754. The summed E-state index contributed by atoms with van der Waals surface area (Å²) in [5.74, 6) is -0.266. The summed E-state index contributed by atoms with van der Waals surface area (Å²) in [6.45, 7) is 2.09. The fourth-order valence-electron chi connectivity index (χ4n) is 3.97. The second-order valence-corrected chi connectivity index (χ2v) is 8.56. The summed E-state index contributed by atoms with van der Waals surface area (Å²) < 4.78 is 5.40. The number of benzene rings is 1. The van der Waals surface area contributed by atoms with Gasteiger partial charge in [0.1, 0.15) is 0 Å². The molecule has 2 heterocycles. The van der Waals surface area contributed by atoms with Gasteiger partial charge in [0.05, 0.1) is 6.26 Å². The molecule has 0 bridgehead atoms. The molecule has 5 nitrogen and oxygen atoms in total. The lowest BCUT2D eigenvalue weighted by molar-refractivity contribution is -0.123. The lowest BCUT2D eigenvalue weighted by atomic mass is 10.1. The number of aryl methyl sites for hydroxylation is 1. The molecule has 0 spiro atoms. The van der Waals surface area contributed by atoms with Crippen molar-refractivity contribution >= 4 is 28.8 Å². The van der Waals surface area contributed by atoms with E-state index in [2.05, 4.69) is 12.2 Å². The van der Waals surface area contributed by atoms with Crippen LogP contribution in [-0.4, -0.2) is 17.9 Å². The number of rotatable bonds is 7. The maximum absolute atomic E-state index is 13.5. The Labute approximate surface area is 180 Å². The smallest absolute Gasteiger partial charge is 0.295 e. The average Bonchev–Trinajstić information content (AvgIpc) is 3.55. The molecule has 2 amide bonds. The molecule has 1 saturated carbocycles. The van der Waals surface area contributed by atoms with Crippen molar-refractivity contribution in [2.24, 2.45) is 0 Å². The molecule has 1 fully saturated rings. The highest BCUT2D eigenvalue weighted by molar-refractivity contribution is 7.10. The van der Waals surface area contributed by atoms with Gasteiger partial charge in [0.2, 0.25) is 5.91 Å². The summed E-state index contributed by atoms with van der Waals surface area (Å²) in [7, 11) is 0. The van der Waals surface area contributed by atoms with Gasteiger partial charge >= 0.3 is 0 Å². The highest BCUT2D eigenvalue weighted by atomic mass is 32.1. The summed E-state index contributed by atoms with van der Waals surface area (Å²) in [5.41, 5.74) is 1.85. The van der Waals surface area contributed by atoms with Crippen LogP contribution in [-0.2, 0) is 11.2 Å². The van der Waals surface area contributed by atoms with Gasteiger partial charge < -0.3 is 9.73 Å². The molecule has 1 N–H and O–H groups in total. The van der Waals surface area contributed by atoms with Gasteiger partial charge in [-0.15, -0.1) is 11.3 Å². The number of carbonyl (C=O) groups is 2. The van der Waals surface area contributed by atoms with E-state index in [1.165, 1.54) is 23.2 Å². The second-order valence-electron chi connectivity index (χ2n) is 7.58. The molecular weight excluding hydrogens is 396 g/mol. The molecule has 1 aromatic carbocycles. The Morgan fingerprint density at radius 1 is 1.13 bits per heavy atom. The van der Waals surface area contributed by atoms with Crippen molar-refractivity contribution in [2.75, 3.05) is 4.90 Å². The topological polar surface area (TPSA) is 62.6 Å². The van der Waals surface area contributed by atoms with Crippen molar-refractivity contribution in [3.05, 3.63) is 76.4 Å². The SMILES string of the molecule is CCc1ccc(N(C(=O)c2ccco2)[C@@H](C(=O)NC2CCCC2)c2cccs2)cc1. The van der Waals surface area contributed by atoms with E-state index in [0.717, 1.165) is 37.0 Å². The molecule has 156 valence electrons. The van der Waals surface area contributed by atoms with Gasteiger partial charge in [-0.2, -0.15) is 0 Å². The van der Waals surface area contributed by atoms with E-state index >= 15 is 0 Å². The summed E-state index contributed by atoms with van der Waals surface area (Å²) in [6, 6.07) is 14.4. The monoisotopic (exact) mass is 422 g/mol. The minimum Gasteiger partial charge on any atom is -0.459 e. The van der Waals surface area contributed by atoms with Gasteiger partial charge in [-0.1, -0.05) is 38.0 Å². The van der Waals surface area contributed by atoms with E-state index in [-0.39, 0.29) is 23.6 Å². The van der Waals surface area contributed by atoms with E-state index in [1.807, 2.05) is 41.8 Å². The maximum Gasteiger partial charge on any atom is 0.295 e. The van der Waals surface area contributed by atoms with Crippen LogP contribution < -0.4 is 10.2 Å². The van der Waals surface area contributed by atoms with Crippen LogP contribution in [0.3, 0.4) is 0 Å². The van der Waals surface area contributed by atoms with Crippen molar-refractivity contribution < 1.29 is 14.0 Å². The first kappa shape index (κ1) is 20.4. The number of nitrogens with one attached hydrogen (secondary N) is 1. The molecule has 0 saturated heterocycles. The third kappa shape index (κ3) is 4.33. The predicted octanol–water partition coefficient (Wildman–Crippen LogP) is 5.35. The zero-order chi connectivity index (χ0) is 20.9. The molecule has 3 aromatic rings. The number of nitrogens with zero attached hydrogens (tertiary/aromatic N) is 1. The molecule has 1 aliphatic rings. The molecular formula is C24H26N2O3S. The van der Waals surface area contributed by atoms with E-state index in [9.17, 15) is 9.59 Å². The highest BCUT2D eigenvalue weighted by Crippen LogP contribution is 2.33. The first-order chi connectivity index (χ1) is 14.7. The van der Waals surface area contributed by atoms with Crippen molar-refractivity contribution in [1.82, 2.24) is 5.32 Å². The van der Waals surface area contributed by atoms with Crippen molar-refractivity contribution in [3.8, 4) is 0 Å². The van der Waals surface area contributed by atoms with Gasteiger partial charge in [-0.3, -0.25) is 14.5 Å². The molecule has 0 unspecified atom stereocenters. The number of amides is 2. The third-order valence-electron chi connectivity index (χ3n) is 5.59. The van der Waals surface area contributed by atoms with Crippen LogP contribution in [0.4, 0.5) is 5.69 Å². The van der Waals surface area contributed by atoms with Crippen LogP contribution in [0.2, 0.25) is 0 Å². The Morgan fingerprint density at radius 3 is 2.50 bits per heavy atom. The zero-order valence-electron chi connectivity index (χ0n) is 17.0. The third-order valence-corrected chi connectivity index (χ3v) is 6.52. The zero-order valence-corrected chi connectivity index (χ0v) is 17.9. The van der Waals surface area contributed by atoms with Gasteiger partial charge in [0.25, 0.3) is 5.91 Å². The van der Waals surface area contributed by atoms with Crippen LogP contribution in [0.5, 0.6) is 0 Å². The quantitative estimate of drug-likeness (QED) is 0.558. The summed E-state index contributed by atoms with van der Waals surface area (Å²) in [4.78, 5) is 29.4. The molecule has 0 aliphatic heterocycles. The normalized spacial score (nSPS) is 15.1. The molecule has 2 aromatic heterocycles. The first-order valence-corrected chi connectivity index (χ1v) is 11.3. The maximum atomic E-state index is 13.5. The number of anilines is 1. The van der Waals surface area contributed by atoms with Gasteiger partial charge in [-0.25, -0.2) is 0 Å². The van der Waals surface area contributed by atoms with E-state index in [1.54, 1.807) is 17.0 Å². The standard InChI is InChI=1S/C24H26N2O3S/c1-2-17-11-13-19(14-12-17)26(24(28)20-9-5-15-29-20)22(21-10-6-16-30-21)23(27)25-18-7-3-4-8-18/h5-6,9-16,18,22H,2-4,7-8H2,1H3,(H,25,27)/t22-/m1/s1. The number of hydrogen-bond donors (Lipinski definition) is 1. The number of hydrogen-bond acceptors (Lipinski definition) is 4. The molecule has 0 radical (unpaired) electrons. The number of furan rings is 1. The largest absolute Gasteiger partial charge is 0.459 e. The molecule has 4 rings (SSSR count).